The van der Waals surface area contributed by atoms with Gasteiger partial charge in [-0.05, 0) is 50.7 Å². The minimum atomic E-state index is 0.335. The number of anilines is 1. The molecule has 82 valence electrons. The Morgan fingerprint density at radius 1 is 1.47 bits per heavy atom. The highest BCUT2D eigenvalue weighted by molar-refractivity contribution is 5.54. The maximum absolute atomic E-state index is 9.30. The molecule has 1 aliphatic heterocycles. The Kier molecular flexibility index (Phi) is 2.82. The van der Waals surface area contributed by atoms with Gasteiger partial charge in [0, 0.05) is 18.3 Å². The van der Waals surface area contributed by atoms with Gasteiger partial charge in [0.2, 0.25) is 0 Å². The number of phenols is 1. The molecule has 1 atom stereocenters. The molecule has 2 rings (SSSR count). The third-order valence-corrected chi connectivity index (χ3v) is 2.96. The van der Waals surface area contributed by atoms with Gasteiger partial charge in [0.05, 0.1) is 0 Å². The van der Waals surface area contributed by atoms with Gasteiger partial charge in [0.15, 0.2) is 0 Å². The molecule has 0 saturated carbocycles. The van der Waals surface area contributed by atoms with Gasteiger partial charge in [-0.25, -0.2) is 0 Å². The fraction of sp³-hybridized carbons (Fsp3) is 0.500. The molecule has 1 aromatic carbocycles. The molecule has 1 saturated heterocycles. The van der Waals surface area contributed by atoms with E-state index in [0.717, 1.165) is 24.3 Å². The van der Waals surface area contributed by atoms with Crippen LogP contribution in [0, 0.1) is 6.92 Å². The van der Waals surface area contributed by atoms with Gasteiger partial charge in [0.1, 0.15) is 5.75 Å². The van der Waals surface area contributed by atoms with Gasteiger partial charge in [-0.15, -0.1) is 0 Å². The van der Waals surface area contributed by atoms with Crippen LogP contribution >= 0.6 is 0 Å². The Hall–Kier alpha value is -1.22. The van der Waals surface area contributed by atoms with Gasteiger partial charge >= 0.3 is 0 Å². The van der Waals surface area contributed by atoms with Gasteiger partial charge in [-0.1, -0.05) is 0 Å². The molecule has 0 amide bonds. The normalized spacial score (nSPS) is 21.9. The number of hydrogen-bond acceptors (Lipinski definition) is 3. The summed E-state index contributed by atoms with van der Waals surface area (Å²) in [7, 11) is 2.14. The van der Waals surface area contributed by atoms with E-state index in [4.69, 9.17) is 0 Å². The van der Waals surface area contributed by atoms with Crippen LogP contribution in [0.4, 0.5) is 5.69 Å². The SMILES string of the molecule is Cc1cc(O)ccc1NC1CCN(C)C1. The molecule has 1 heterocycles. The number of aryl methyl sites for hydroxylation is 1. The second-order valence-corrected chi connectivity index (χ2v) is 4.39. The molecule has 1 unspecified atom stereocenters. The van der Waals surface area contributed by atoms with Crippen LogP contribution in [-0.4, -0.2) is 36.2 Å². The number of likely N-dealkylation sites (tertiary alicyclic amines) is 1. The van der Waals surface area contributed by atoms with E-state index in [1.807, 2.05) is 13.0 Å². The van der Waals surface area contributed by atoms with E-state index >= 15 is 0 Å². The Bertz CT molecular complexity index is 351. The van der Waals surface area contributed by atoms with Crippen molar-refractivity contribution in [3.63, 3.8) is 0 Å². The summed E-state index contributed by atoms with van der Waals surface area (Å²) in [4.78, 5) is 2.33. The smallest absolute Gasteiger partial charge is 0.115 e. The van der Waals surface area contributed by atoms with Crippen LogP contribution in [0.15, 0.2) is 18.2 Å². The number of hydrogen-bond donors (Lipinski definition) is 2. The summed E-state index contributed by atoms with van der Waals surface area (Å²) in [6.07, 6.45) is 1.19. The number of benzene rings is 1. The standard InChI is InChI=1S/C12H18N2O/c1-9-7-11(15)3-4-12(9)13-10-5-6-14(2)8-10/h3-4,7,10,13,15H,5-6,8H2,1-2H3. The molecule has 2 N–H and O–H groups in total. The largest absolute Gasteiger partial charge is 0.508 e. The monoisotopic (exact) mass is 206 g/mol. The topological polar surface area (TPSA) is 35.5 Å². The lowest BCUT2D eigenvalue weighted by molar-refractivity contribution is 0.414. The zero-order chi connectivity index (χ0) is 10.8. The van der Waals surface area contributed by atoms with Crippen molar-refractivity contribution in [3.05, 3.63) is 23.8 Å². The summed E-state index contributed by atoms with van der Waals surface area (Å²) in [5, 5.41) is 12.8. The maximum atomic E-state index is 9.30. The number of nitrogens with zero attached hydrogens (tertiary/aromatic N) is 1. The van der Waals surface area contributed by atoms with Crippen molar-refractivity contribution >= 4 is 5.69 Å². The second-order valence-electron chi connectivity index (χ2n) is 4.39. The highest BCUT2D eigenvalue weighted by Crippen LogP contribution is 2.22. The Morgan fingerprint density at radius 2 is 2.27 bits per heavy atom. The fourth-order valence-corrected chi connectivity index (χ4v) is 2.08. The summed E-state index contributed by atoms with van der Waals surface area (Å²) in [5.74, 6) is 0.335. The van der Waals surface area contributed by atoms with E-state index in [2.05, 4.69) is 17.3 Å². The van der Waals surface area contributed by atoms with Crippen molar-refractivity contribution in [3.8, 4) is 5.75 Å². The summed E-state index contributed by atoms with van der Waals surface area (Å²) in [5.41, 5.74) is 2.23. The molecule has 0 bridgehead atoms. The average molecular weight is 206 g/mol. The summed E-state index contributed by atoms with van der Waals surface area (Å²) in [6, 6.07) is 6.01. The minimum Gasteiger partial charge on any atom is -0.508 e. The zero-order valence-electron chi connectivity index (χ0n) is 9.33. The van der Waals surface area contributed by atoms with Crippen LogP contribution in [0.5, 0.6) is 5.75 Å². The minimum absolute atomic E-state index is 0.335. The summed E-state index contributed by atoms with van der Waals surface area (Å²) >= 11 is 0. The van der Waals surface area contributed by atoms with Crippen molar-refractivity contribution in [2.75, 3.05) is 25.5 Å². The first-order valence-electron chi connectivity index (χ1n) is 5.40. The number of aromatic hydroxyl groups is 1. The Balaban J connectivity index is 2.04. The highest BCUT2D eigenvalue weighted by atomic mass is 16.3. The highest BCUT2D eigenvalue weighted by Gasteiger charge is 2.19. The Morgan fingerprint density at radius 3 is 2.87 bits per heavy atom. The van der Waals surface area contributed by atoms with Gasteiger partial charge < -0.3 is 15.3 Å². The van der Waals surface area contributed by atoms with E-state index in [0.29, 0.717) is 11.8 Å². The third-order valence-electron chi connectivity index (χ3n) is 2.96. The second kappa shape index (κ2) is 4.11. The molecule has 3 nitrogen and oxygen atoms in total. The van der Waals surface area contributed by atoms with Gasteiger partial charge in [0.25, 0.3) is 0 Å². The van der Waals surface area contributed by atoms with E-state index < -0.39 is 0 Å². The third kappa shape index (κ3) is 2.42. The van der Waals surface area contributed by atoms with Crippen LogP contribution in [0.3, 0.4) is 0 Å². The molecule has 0 spiro atoms. The maximum Gasteiger partial charge on any atom is 0.115 e. The van der Waals surface area contributed by atoms with Crippen LogP contribution in [0.25, 0.3) is 0 Å². The van der Waals surface area contributed by atoms with Crippen LogP contribution in [-0.2, 0) is 0 Å². The molecule has 0 radical (unpaired) electrons. The molecule has 15 heavy (non-hydrogen) atoms. The van der Waals surface area contributed by atoms with E-state index in [9.17, 15) is 5.11 Å². The lowest BCUT2D eigenvalue weighted by Gasteiger charge is -2.16. The lowest BCUT2D eigenvalue weighted by atomic mass is 10.1. The molecule has 1 aliphatic rings. The number of phenolic OH excluding ortho intramolecular Hbond substituents is 1. The Labute approximate surface area is 90.7 Å². The van der Waals surface area contributed by atoms with E-state index in [-0.39, 0.29) is 0 Å². The van der Waals surface area contributed by atoms with Crippen molar-refractivity contribution in [2.24, 2.45) is 0 Å². The van der Waals surface area contributed by atoms with Crippen molar-refractivity contribution < 1.29 is 5.11 Å². The molecule has 0 aliphatic carbocycles. The van der Waals surface area contributed by atoms with Crippen LogP contribution in [0.1, 0.15) is 12.0 Å². The predicted molar refractivity (Wildman–Crippen MR) is 62.4 cm³/mol. The van der Waals surface area contributed by atoms with Gasteiger partial charge in [-0.3, -0.25) is 0 Å². The van der Waals surface area contributed by atoms with Gasteiger partial charge in [-0.2, -0.15) is 0 Å². The predicted octanol–water partition coefficient (Wildman–Crippen LogP) is 1.82. The summed E-state index contributed by atoms with van der Waals surface area (Å²) in [6.45, 7) is 4.27. The molecular formula is C12H18N2O. The average Bonchev–Trinajstić information content (AvgIpc) is 2.56. The summed E-state index contributed by atoms with van der Waals surface area (Å²) < 4.78 is 0. The van der Waals surface area contributed by atoms with Crippen molar-refractivity contribution in [1.29, 1.82) is 0 Å². The molecule has 1 aromatic rings. The van der Waals surface area contributed by atoms with E-state index in [1.54, 1.807) is 12.1 Å². The first-order valence-corrected chi connectivity index (χ1v) is 5.40. The van der Waals surface area contributed by atoms with Crippen LogP contribution in [0.2, 0.25) is 0 Å². The molecule has 0 aromatic heterocycles. The first-order chi connectivity index (χ1) is 7.15. The fourth-order valence-electron chi connectivity index (χ4n) is 2.08. The number of likely N-dealkylation sites (N-methyl/N-ethyl adjacent to an activating group) is 1. The first kappa shape index (κ1) is 10.3. The zero-order valence-corrected chi connectivity index (χ0v) is 9.33. The molecule has 1 fully saturated rings. The van der Waals surface area contributed by atoms with Crippen molar-refractivity contribution in [2.45, 2.75) is 19.4 Å². The number of rotatable bonds is 2. The quantitative estimate of drug-likeness (QED) is 0.724. The molecular weight excluding hydrogens is 188 g/mol. The number of nitrogens with one attached hydrogen (secondary N) is 1. The molecule has 3 heteroatoms. The van der Waals surface area contributed by atoms with E-state index in [1.165, 1.54) is 6.42 Å². The van der Waals surface area contributed by atoms with Crippen LogP contribution < -0.4 is 5.32 Å². The van der Waals surface area contributed by atoms with Crippen molar-refractivity contribution in [1.82, 2.24) is 4.90 Å². The lowest BCUT2D eigenvalue weighted by Crippen LogP contribution is -2.23.